The Morgan fingerprint density at radius 2 is 1.84 bits per heavy atom. The van der Waals surface area contributed by atoms with Gasteiger partial charge in [0.25, 0.3) is 0 Å². The van der Waals surface area contributed by atoms with Crippen molar-refractivity contribution in [3.05, 3.63) is 53.7 Å². The predicted octanol–water partition coefficient (Wildman–Crippen LogP) is 5.01. The number of hydrogen-bond donors (Lipinski definition) is 2. The molecule has 0 atom stereocenters. The van der Waals surface area contributed by atoms with E-state index in [1.807, 2.05) is 30.3 Å². The van der Waals surface area contributed by atoms with Gasteiger partial charge in [-0.2, -0.15) is 0 Å². The molecule has 1 amide bonds. The molecule has 0 aliphatic heterocycles. The second kappa shape index (κ2) is 9.04. The van der Waals surface area contributed by atoms with E-state index in [9.17, 15) is 4.79 Å². The van der Waals surface area contributed by atoms with Crippen molar-refractivity contribution in [2.24, 2.45) is 4.99 Å². The van der Waals surface area contributed by atoms with Crippen molar-refractivity contribution in [3.8, 4) is 22.8 Å². The van der Waals surface area contributed by atoms with Gasteiger partial charge >= 0.3 is 6.09 Å². The Bertz CT molecular complexity index is 1130. The van der Waals surface area contributed by atoms with Gasteiger partial charge in [-0.1, -0.05) is 39.0 Å². The number of methoxy groups -OCH3 is 2. The van der Waals surface area contributed by atoms with Gasteiger partial charge in [0.2, 0.25) is 0 Å². The number of carboxylic acid groups (broad SMARTS) is 1. The number of aliphatic imine (C=N–C) groups is 1. The third kappa shape index (κ3) is 5.12. The van der Waals surface area contributed by atoms with Crippen LogP contribution in [0.15, 0.2) is 47.5 Å². The first kappa shape index (κ1) is 22.1. The molecule has 3 aromatic rings. The first-order valence-electron chi connectivity index (χ1n) is 9.87. The minimum Gasteiger partial charge on any atom is -0.493 e. The number of pyridine rings is 1. The molecule has 2 aromatic carbocycles. The van der Waals surface area contributed by atoms with Gasteiger partial charge < -0.3 is 14.6 Å². The highest BCUT2D eigenvalue weighted by atomic mass is 16.5. The molecule has 0 fully saturated rings. The van der Waals surface area contributed by atoms with E-state index in [1.165, 1.54) is 5.56 Å². The van der Waals surface area contributed by atoms with E-state index in [0.29, 0.717) is 17.2 Å². The van der Waals surface area contributed by atoms with Crippen LogP contribution in [0.3, 0.4) is 0 Å². The minimum absolute atomic E-state index is 0.0130. The van der Waals surface area contributed by atoms with E-state index in [2.05, 4.69) is 43.2 Å². The van der Waals surface area contributed by atoms with E-state index in [1.54, 1.807) is 14.2 Å². The van der Waals surface area contributed by atoms with Crippen molar-refractivity contribution in [1.82, 2.24) is 10.3 Å². The smallest absolute Gasteiger partial charge is 0.409 e. The van der Waals surface area contributed by atoms with Crippen LogP contribution < -0.4 is 14.8 Å². The molecule has 0 saturated heterocycles. The Hall–Kier alpha value is -3.61. The van der Waals surface area contributed by atoms with Crippen LogP contribution in [0.2, 0.25) is 0 Å². The van der Waals surface area contributed by atoms with Gasteiger partial charge in [-0.15, -0.1) is 0 Å². The van der Waals surface area contributed by atoms with E-state index >= 15 is 0 Å². The minimum atomic E-state index is -1.17. The molecular weight excluding hydrogens is 394 g/mol. The van der Waals surface area contributed by atoms with Crippen LogP contribution in [0.1, 0.15) is 32.0 Å². The third-order valence-corrected chi connectivity index (χ3v) is 4.96. The van der Waals surface area contributed by atoms with E-state index in [0.717, 1.165) is 28.4 Å². The zero-order valence-corrected chi connectivity index (χ0v) is 18.4. The summed E-state index contributed by atoms with van der Waals surface area (Å²) in [5, 5.41) is 12.7. The molecular formula is C24H27N3O4. The lowest BCUT2D eigenvalue weighted by molar-refractivity contribution is 0.200. The molecule has 7 nitrogen and oxygen atoms in total. The normalized spacial score (nSPS) is 11.6. The van der Waals surface area contributed by atoms with Crippen molar-refractivity contribution in [3.63, 3.8) is 0 Å². The van der Waals surface area contributed by atoms with Crippen LogP contribution in [0.5, 0.6) is 11.5 Å². The van der Waals surface area contributed by atoms with Crippen LogP contribution in [0.4, 0.5) is 4.79 Å². The number of rotatable bonds is 6. The lowest BCUT2D eigenvalue weighted by atomic mass is 9.86. The standard InChI is InChI=1S/C24H27N3O4/c1-24(2,3)17-8-6-7-15(9-17)19-10-16-11-21(30-4)22(31-5)12-18(16)20(27-19)13-25-14-26-23(28)29/h6-12,14H,13H2,1-5H3,(H,25,26)(H,28,29). The van der Waals surface area contributed by atoms with Gasteiger partial charge in [0.05, 0.1) is 38.5 Å². The number of carbonyl (C=O) groups is 1. The maximum Gasteiger partial charge on any atom is 0.409 e. The summed E-state index contributed by atoms with van der Waals surface area (Å²) in [5.74, 6) is 1.21. The summed E-state index contributed by atoms with van der Waals surface area (Å²) < 4.78 is 10.9. The van der Waals surface area contributed by atoms with Crippen LogP contribution in [-0.2, 0) is 12.0 Å². The Kier molecular flexibility index (Phi) is 6.44. The molecule has 0 aliphatic rings. The van der Waals surface area contributed by atoms with Gasteiger partial charge in [-0.25, -0.2) is 4.79 Å². The summed E-state index contributed by atoms with van der Waals surface area (Å²) in [7, 11) is 3.18. The summed E-state index contributed by atoms with van der Waals surface area (Å²) in [6.07, 6.45) is -0.00975. The lowest BCUT2D eigenvalue weighted by Gasteiger charge is -2.20. The lowest BCUT2D eigenvalue weighted by Crippen LogP contribution is -2.18. The maximum absolute atomic E-state index is 10.7. The molecule has 1 aromatic heterocycles. The number of benzene rings is 2. The highest BCUT2D eigenvalue weighted by Crippen LogP contribution is 2.36. The van der Waals surface area contributed by atoms with Gasteiger partial charge in [-0.05, 0) is 40.6 Å². The zero-order chi connectivity index (χ0) is 22.6. The summed E-state index contributed by atoms with van der Waals surface area (Å²) >= 11 is 0. The average Bonchev–Trinajstić information content (AvgIpc) is 2.74. The number of amides is 1. The molecule has 2 N–H and O–H groups in total. The van der Waals surface area contributed by atoms with Crippen LogP contribution in [0.25, 0.3) is 22.0 Å². The average molecular weight is 421 g/mol. The fraction of sp³-hybridized carbons (Fsp3) is 0.292. The molecule has 0 unspecified atom stereocenters. The van der Waals surface area contributed by atoms with Crippen molar-refractivity contribution in [2.75, 3.05) is 14.2 Å². The molecule has 162 valence electrons. The Balaban J connectivity index is 2.16. The summed E-state index contributed by atoms with van der Waals surface area (Å²) in [5.41, 5.74) is 3.74. The Morgan fingerprint density at radius 1 is 1.13 bits per heavy atom. The van der Waals surface area contributed by atoms with Gasteiger partial charge in [0.15, 0.2) is 11.5 Å². The third-order valence-electron chi connectivity index (χ3n) is 4.96. The number of hydrogen-bond acceptors (Lipinski definition) is 5. The maximum atomic E-state index is 10.7. The highest BCUT2D eigenvalue weighted by molar-refractivity contribution is 5.91. The summed E-state index contributed by atoms with van der Waals surface area (Å²) in [4.78, 5) is 19.7. The SMILES string of the molecule is COc1cc2cc(-c3cccc(C(C)(C)C)c3)nc(CN=CNC(=O)O)c2cc1OC. The van der Waals surface area contributed by atoms with Crippen LogP contribution >= 0.6 is 0 Å². The van der Waals surface area contributed by atoms with Crippen molar-refractivity contribution < 1.29 is 19.4 Å². The number of aromatic nitrogens is 1. The van der Waals surface area contributed by atoms with E-state index in [4.69, 9.17) is 19.6 Å². The Labute approximate surface area is 181 Å². The van der Waals surface area contributed by atoms with Gasteiger partial charge in [-0.3, -0.25) is 15.3 Å². The summed E-state index contributed by atoms with van der Waals surface area (Å²) in [6, 6.07) is 14.1. The van der Waals surface area contributed by atoms with Gasteiger partial charge in [0, 0.05) is 10.9 Å². The molecule has 0 spiro atoms. The summed E-state index contributed by atoms with van der Waals surface area (Å²) in [6.45, 7) is 6.73. The number of fused-ring (bicyclic) bond motifs is 1. The second-order valence-corrected chi connectivity index (χ2v) is 8.13. The first-order chi connectivity index (χ1) is 14.7. The van der Waals surface area contributed by atoms with E-state index in [-0.39, 0.29) is 12.0 Å². The molecule has 31 heavy (non-hydrogen) atoms. The largest absolute Gasteiger partial charge is 0.493 e. The predicted molar refractivity (Wildman–Crippen MR) is 122 cm³/mol. The van der Waals surface area contributed by atoms with Crippen molar-refractivity contribution >= 4 is 23.2 Å². The number of ether oxygens (including phenoxy) is 2. The molecule has 3 rings (SSSR count). The number of nitrogens with one attached hydrogen (secondary N) is 1. The van der Waals surface area contributed by atoms with Crippen molar-refractivity contribution in [2.45, 2.75) is 32.7 Å². The molecule has 1 heterocycles. The van der Waals surface area contributed by atoms with Crippen LogP contribution in [-0.4, -0.2) is 36.7 Å². The van der Waals surface area contributed by atoms with E-state index < -0.39 is 6.09 Å². The molecule has 7 heteroatoms. The number of nitrogens with zero attached hydrogens (tertiary/aromatic N) is 2. The monoisotopic (exact) mass is 421 g/mol. The quantitative estimate of drug-likeness (QED) is 0.431. The van der Waals surface area contributed by atoms with Gasteiger partial charge in [0.1, 0.15) is 0 Å². The molecule has 0 saturated carbocycles. The fourth-order valence-corrected chi connectivity index (χ4v) is 3.30. The molecule has 0 aliphatic carbocycles. The van der Waals surface area contributed by atoms with Crippen LogP contribution in [0, 0.1) is 0 Å². The Morgan fingerprint density at radius 3 is 2.48 bits per heavy atom. The molecule has 0 radical (unpaired) electrons. The van der Waals surface area contributed by atoms with Crippen molar-refractivity contribution in [1.29, 1.82) is 0 Å². The fourth-order valence-electron chi connectivity index (χ4n) is 3.30. The topological polar surface area (TPSA) is 93.0 Å². The molecule has 0 bridgehead atoms. The first-order valence-corrected chi connectivity index (χ1v) is 9.87. The zero-order valence-electron chi connectivity index (χ0n) is 18.4. The highest BCUT2D eigenvalue weighted by Gasteiger charge is 2.16. The second-order valence-electron chi connectivity index (χ2n) is 8.13.